The number of H-pyrrole nitrogens is 2. The van der Waals surface area contributed by atoms with Crippen LogP contribution in [0.3, 0.4) is 0 Å². The number of fused-ring (bicyclic) bond motifs is 10. The summed E-state index contributed by atoms with van der Waals surface area (Å²) >= 11 is 0. The van der Waals surface area contributed by atoms with Crippen molar-refractivity contribution >= 4 is 79.3 Å². The molecule has 3 aromatic carbocycles. The van der Waals surface area contributed by atoms with Crippen LogP contribution < -0.4 is 0 Å². The second-order valence-corrected chi connectivity index (χ2v) is 8.46. The van der Waals surface area contributed by atoms with Crippen molar-refractivity contribution < 1.29 is 0 Å². The number of hydrogen-bond donors (Lipinski definition) is 2. The smallest absolute Gasteiger partial charge is 0.0981 e. The number of aromatic amines is 2. The van der Waals surface area contributed by atoms with E-state index in [2.05, 4.69) is 88.5 Å². The van der Waals surface area contributed by atoms with Gasteiger partial charge >= 0.3 is 0 Å². The first-order valence-corrected chi connectivity index (χ1v) is 10.7. The van der Waals surface area contributed by atoms with E-state index in [1.807, 2.05) is 0 Å². The molecule has 0 unspecified atom stereocenters. The number of aromatic nitrogens is 4. The number of rotatable bonds is 5. The minimum absolute atomic E-state index is 0. The normalized spacial score (nSPS) is 11.7. The van der Waals surface area contributed by atoms with Gasteiger partial charge in [-0.05, 0) is 45.6 Å². The highest BCUT2D eigenvalue weighted by atomic mass is 35.5. The molecule has 0 fully saturated rings. The van der Waals surface area contributed by atoms with Gasteiger partial charge in [-0.2, -0.15) is 0 Å². The Labute approximate surface area is 198 Å². The molecule has 5 nitrogen and oxygen atoms in total. The standard InChI is InChI=1S/C25H25N5.2ClH/c1-29(2)13-7-8-14-30-20-12-6-4-10-17(20)21-18-15-26-28-23(18)22-16-9-3-5-11-19(16)27-24(22)25(21)30;;/h3-6,9-12,15,26,28H,7-8,13-14H2,1-2H3;2*1H. The summed E-state index contributed by atoms with van der Waals surface area (Å²) < 4.78 is 2.50. The molecule has 7 heteroatoms. The van der Waals surface area contributed by atoms with E-state index < -0.39 is 0 Å². The van der Waals surface area contributed by atoms with Crippen molar-refractivity contribution in [3.05, 3.63) is 54.7 Å². The van der Waals surface area contributed by atoms with Gasteiger partial charge in [-0.15, -0.1) is 24.8 Å². The number of unbranched alkanes of at least 4 members (excludes halogenated alkanes) is 1. The SMILES string of the molecule is CN(C)CCCCn1c2ccccc2c2c3c[nH][nH]c3c3c4ccccc4nc3c21.Cl.Cl. The van der Waals surface area contributed by atoms with Gasteiger partial charge in [-0.1, -0.05) is 36.4 Å². The number of benzene rings is 3. The third-order valence-corrected chi connectivity index (χ3v) is 6.28. The van der Waals surface area contributed by atoms with Crippen molar-refractivity contribution in [1.29, 1.82) is 0 Å². The first kappa shape index (κ1) is 22.5. The van der Waals surface area contributed by atoms with E-state index in [0.29, 0.717) is 0 Å². The Morgan fingerprint density at radius 2 is 1.62 bits per heavy atom. The van der Waals surface area contributed by atoms with Crippen molar-refractivity contribution in [2.24, 2.45) is 0 Å². The number of nitrogens with one attached hydrogen (secondary N) is 2. The van der Waals surface area contributed by atoms with Crippen molar-refractivity contribution in [3.8, 4) is 0 Å². The summed E-state index contributed by atoms with van der Waals surface area (Å²) in [6.45, 7) is 2.11. The van der Waals surface area contributed by atoms with E-state index in [9.17, 15) is 0 Å². The van der Waals surface area contributed by atoms with E-state index in [1.165, 1.54) is 44.4 Å². The second kappa shape index (κ2) is 8.66. The Hall–Kier alpha value is -2.73. The van der Waals surface area contributed by atoms with Crippen LogP contribution in [-0.2, 0) is 6.54 Å². The van der Waals surface area contributed by atoms with Crippen LogP contribution in [0.2, 0.25) is 0 Å². The topological polar surface area (TPSA) is 52.6 Å². The van der Waals surface area contributed by atoms with Crippen LogP contribution >= 0.6 is 24.8 Å². The highest BCUT2D eigenvalue weighted by molar-refractivity contribution is 6.34. The molecular formula is C25H27Cl2N5. The molecule has 3 aromatic heterocycles. The fourth-order valence-electron chi connectivity index (χ4n) is 4.98. The summed E-state index contributed by atoms with van der Waals surface area (Å²) in [5, 5.41) is 12.9. The summed E-state index contributed by atoms with van der Waals surface area (Å²) in [4.78, 5) is 7.38. The molecule has 3 heterocycles. The molecule has 32 heavy (non-hydrogen) atoms. The zero-order valence-electron chi connectivity index (χ0n) is 18.2. The number of nitrogens with zero attached hydrogens (tertiary/aromatic N) is 3. The fourth-order valence-corrected chi connectivity index (χ4v) is 4.98. The van der Waals surface area contributed by atoms with Crippen molar-refractivity contribution in [3.63, 3.8) is 0 Å². The Bertz CT molecular complexity index is 1540. The summed E-state index contributed by atoms with van der Waals surface area (Å²) in [5.74, 6) is 0. The molecule has 0 amide bonds. The Kier molecular flexibility index (Phi) is 6.08. The molecular weight excluding hydrogens is 441 g/mol. The minimum atomic E-state index is 0. The summed E-state index contributed by atoms with van der Waals surface area (Å²) in [6, 6.07) is 17.2. The van der Waals surface area contributed by atoms with Gasteiger partial charge in [0.1, 0.15) is 0 Å². The lowest BCUT2D eigenvalue weighted by Gasteiger charge is -2.11. The van der Waals surface area contributed by atoms with Gasteiger partial charge in [-0.25, -0.2) is 4.98 Å². The van der Waals surface area contributed by atoms with Crippen LogP contribution in [0.25, 0.3) is 54.5 Å². The molecule has 0 aliphatic carbocycles. The molecule has 166 valence electrons. The molecule has 0 radical (unpaired) electrons. The fraction of sp³-hybridized carbons (Fsp3) is 0.240. The molecule has 0 aliphatic rings. The third kappa shape index (κ3) is 3.24. The zero-order valence-corrected chi connectivity index (χ0v) is 19.8. The van der Waals surface area contributed by atoms with Gasteiger partial charge in [0.2, 0.25) is 0 Å². The summed E-state index contributed by atoms with van der Waals surface area (Å²) in [5.41, 5.74) is 5.84. The largest absolute Gasteiger partial charge is 0.339 e. The van der Waals surface area contributed by atoms with Gasteiger partial charge in [0, 0.05) is 45.2 Å². The lowest BCUT2D eigenvalue weighted by Crippen LogP contribution is -2.13. The van der Waals surface area contributed by atoms with Gasteiger partial charge in [0.25, 0.3) is 0 Å². The van der Waals surface area contributed by atoms with Crippen LogP contribution in [0.15, 0.2) is 54.7 Å². The average Bonchev–Trinajstić information content (AvgIpc) is 3.44. The Morgan fingerprint density at radius 1 is 0.875 bits per heavy atom. The van der Waals surface area contributed by atoms with Crippen molar-refractivity contribution in [2.75, 3.05) is 20.6 Å². The van der Waals surface area contributed by atoms with Gasteiger partial charge in [0.15, 0.2) is 0 Å². The molecule has 0 bridgehead atoms. The Morgan fingerprint density at radius 3 is 2.44 bits per heavy atom. The van der Waals surface area contributed by atoms with E-state index in [1.54, 1.807) is 0 Å². The van der Waals surface area contributed by atoms with E-state index in [-0.39, 0.29) is 24.8 Å². The van der Waals surface area contributed by atoms with Gasteiger partial charge in [0.05, 0.1) is 22.1 Å². The van der Waals surface area contributed by atoms with Crippen molar-refractivity contribution in [1.82, 2.24) is 24.6 Å². The number of aryl methyl sites for hydroxylation is 1. The number of halogens is 2. The minimum Gasteiger partial charge on any atom is -0.339 e. The first-order chi connectivity index (χ1) is 14.7. The Balaban J connectivity index is 0.00000122. The predicted octanol–water partition coefficient (Wildman–Crippen LogP) is 6.49. The summed E-state index contributed by atoms with van der Waals surface area (Å²) in [6.07, 6.45) is 4.42. The van der Waals surface area contributed by atoms with E-state index in [4.69, 9.17) is 4.98 Å². The summed E-state index contributed by atoms with van der Waals surface area (Å²) in [7, 11) is 4.28. The van der Waals surface area contributed by atoms with Gasteiger partial charge < -0.3 is 19.7 Å². The molecule has 0 saturated carbocycles. The van der Waals surface area contributed by atoms with Crippen LogP contribution in [-0.4, -0.2) is 45.3 Å². The maximum absolute atomic E-state index is 5.12. The molecule has 6 rings (SSSR count). The zero-order chi connectivity index (χ0) is 20.2. The maximum atomic E-state index is 5.12. The molecule has 0 aliphatic heterocycles. The van der Waals surface area contributed by atoms with E-state index in [0.717, 1.165) is 36.1 Å². The maximum Gasteiger partial charge on any atom is 0.0981 e. The lowest BCUT2D eigenvalue weighted by atomic mass is 10.0. The van der Waals surface area contributed by atoms with Crippen molar-refractivity contribution in [2.45, 2.75) is 19.4 Å². The number of para-hydroxylation sites is 2. The molecule has 0 spiro atoms. The molecule has 0 atom stereocenters. The van der Waals surface area contributed by atoms with Crippen LogP contribution in [0, 0.1) is 0 Å². The number of hydrogen-bond acceptors (Lipinski definition) is 2. The van der Waals surface area contributed by atoms with Crippen LogP contribution in [0.5, 0.6) is 0 Å². The highest BCUT2D eigenvalue weighted by Gasteiger charge is 2.21. The first-order valence-electron chi connectivity index (χ1n) is 10.7. The second-order valence-electron chi connectivity index (χ2n) is 8.46. The lowest BCUT2D eigenvalue weighted by molar-refractivity contribution is 0.389. The molecule has 2 N–H and O–H groups in total. The molecule has 0 saturated heterocycles. The van der Waals surface area contributed by atoms with Crippen LogP contribution in [0.4, 0.5) is 0 Å². The monoisotopic (exact) mass is 467 g/mol. The molecule has 6 aromatic rings. The average molecular weight is 468 g/mol. The van der Waals surface area contributed by atoms with Crippen LogP contribution in [0.1, 0.15) is 12.8 Å². The highest BCUT2D eigenvalue weighted by Crippen LogP contribution is 2.42. The van der Waals surface area contributed by atoms with E-state index >= 15 is 0 Å². The quantitative estimate of drug-likeness (QED) is 0.284. The van der Waals surface area contributed by atoms with Gasteiger partial charge in [-0.3, -0.25) is 0 Å². The predicted molar refractivity (Wildman–Crippen MR) is 141 cm³/mol. The third-order valence-electron chi connectivity index (χ3n) is 6.28.